The van der Waals surface area contributed by atoms with E-state index in [-0.39, 0.29) is 0 Å². The molecule has 0 amide bonds. The minimum atomic E-state index is 1.09. The summed E-state index contributed by atoms with van der Waals surface area (Å²) in [5, 5.41) is 10.8. The molecule has 0 radical (unpaired) electrons. The summed E-state index contributed by atoms with van der Waals surface area (Å²) in [5.41, 5.74) is 2.84. The Bertz CT molecular complexity index is 1560. The van der Waals surface area contributed by atoms with E-state index >= 15 is 0 Å². The van der Waals surface area contributed by atoms with Crippen LogP contribution in [0.5, 0.6) is 0 Å². The fraction of sp³-hybridized carbons (Fsp3) is 0.263. The molecule has 0 heterocycles. The first kappa shape index (κ1) is 28.9. The van der Waals surface area contributed by atoms with Crippen molar-refractivity contribution in [3.05, 3.63) is 120 Å². The molecule has 0 aliphatic heterocycles. The Hall–Kier alpha value is -3.64. The van der Waals surface area contributed by atoms with Crippen molar-refractivity contribution in [3.8, 4) is 0 Å². The highest BCUT2D eigenvalue weighted by Crippen LogP contribution is 2.28. The molecule has 0 aliphatic rings. The number of hydrogen-bond acceptors (Lipinski definition) is 0. The molecular formula is C38H44. The van der Waals surface area contributed by atoms with Crippen LogP contribution in [0.2, 0.25) is 0 Å². The van der Waals surface area contributed by atoms with Gasteiger partial charge in [0.05, 0.1) is 0 Å². The predicted octanol–water partition coefficient (Wildman–Crippen LogP) is 11.9. The Kier molecular flexibility index (Phi) is 11.4. The van der Waals surface area contributed by atoms with Crippen molar-refractivity contribution in [1.82, 2.24) is 0 Å². The lowest BCUT2D eigenvalue weighted by Gasteiger charge is -2.08. The largest absolute Gasteiger partial charge is 0.0656 e. The molecule has 0 fully saturated rings. The zero-order chi connectivity index (χ0) is 27.3. The molecule has 0 spiro atoms. The summed E-state index contributed by atoms with van der Waals surface area (Å²) >= 11 is 0. The molecular weight excluding hydrogens is 456 g/mol. The van der Waals surface area contributed by atoms with E-state index < -0.39 is 0 Å². The molecule has 0 aliphatic carbocycles. The normalized spacial score (nSPS) is 10.3. The summed E-state index contributed by atoms with van der Waals surface area (Å²) < 4.78 is 0. The van der Waals surface area contributed by atoms with Crippen LogP contribution in [0.1, 0.15) is 65.5 Å². The molecule has 0 saturated heterocycles. The third-order valence-electron chi connectivity index (χ3n) is 6.45. The van der Waals surface area contributed by atoms with E-state index in [2.05, 4.69) is 151 Å². The van der Waals surface area contributed by atoms with E-state index in [0.29, 0.717) is 0 Å². The fourth-order valence-electron chi connectivity index (χ4n) is 4.71. The quantitative estimate of drug-likeness (QED) is 0.207. The second-order valence-corrected chi connectivity index (χ2v) is 9.77. The molecule has 6 aromatic carbocycles. The van der Waals surface area contributed by atoms with Gasteiger partial charge in [0.2, 0.25) is 0 Å². The Morgan fingerprint density at radius 3 is 1.53 bits per heavy atom. The van der Waals surface area contributed by atoms with Crippen LogP contribution in [0, 0.1) is 0 Å². The van der Waals surface area contributed by atoms with E-state index in [1.54, 1.807) is 0 Å². The van der Waals surface area contributed by atoms with Crippen molar-refractivity contribution >= 4 is 43.1 Å². The first-order chi connectivity index (χ1) is 18.6. The minimum Gasteiger partial charge on any atom is -0.0656 e. The van der Waals surface area contributed by atoms with Gasteiger partial charge in [-0.2, -0.15) is 0 Å². The van der Waals surface area contributed by atoms with Gasteiger partial charge >= 0.3 is 0 Å². The van der Waals surface area contributed by atoms with Crippen molar-refractivity contribution in [2.75, 3.05) is 0 Å². The number of rotatable bonds is 2. The van der Waals surface area contributed by atoms with Crippen LogP contribution in [0.4, 0.5) is 0 Å². The summed E-state index contributed by atoms with van der Waals surface area (Å²) in [5.74, 6) is 0. The van der Waals surface area contributed by atoms with Crippen LogP contribution in [-0.2, 0) is 12.8 Å². The van der Waals surface area contributed by atoms with Crippen LogP contribution in [0.15, 0.2) is 109 Å². The first-order valence-corrected chi connectivity index (χ1v) is 14.4. The summed E-state index contributed by atoms with van der Waals surface area (Å²) in [6.45, 7) is 12.9. The van der Waals surface area contributed by atoms with Gasteiger partial charge in [-0.3, -0.25) is 0 Å². The first-order valence-electron chi connectivity index (χ1n) is 14.4. The van der Waals surface area contributed by atoms with E-state index in [4.69, 9.17) is 0 Å². The van der Waals surface area contributed by atoms with Gasteiger partial charge in [-0.15, -0.1) is 0 Å². The highest BCUT2D eigenvalue weighted by atomic mass is 14.1. The van der Waals surface area contributed by atoms with E-state index in [9.17, 15) is 0 Å². The second kappa shape index (κ2) is 14.9. The molecule has 196 valence electrons. The average molecular weight is 501 g/mol. The van der Waals surface area contributed by atoms with Crippen LogP contribution < -0.4 is 0 Å². The molecule has 0 N–H and O–H groups in total. The maximum Gasteiger partial charge on any atom is -0.00734 e. The van der Waals surface area contributed by atoms with E-state index in [1.165, 1.54) is 67.1 Å². The number of benzene rings is 6. The third-order valence-corrected chi connectivity index (χ3v) is 6.45. The highest BCUT2D eigenvalue weighted by molar-refractivity contribution is 6.09. The molecule has 6 aromatic rings. The Morgan fingerprint density at radius 1 is 0.395 bits per heavy atom. The van der Waals surface area contributed by atoms with Crippen molar-refractivity contribution in [3.63, 3.8) is 0 Å². The fourth-order valence-corrected chi connectivity index (χ4v) is 4.71. The predicted molar refractivity (Wildman–Crippen MR) is 174 cm³/mol. The minimum absolute atomic E-state index is 1.09. The lowest BCUT2D eigenvalue weighted by atomic mass is 9.97. The van der Waals surface area contributed by atoms with Gasteiger partial charge in [-0.25, -0.2) is 0 Å². The lowest BCUT2D eigenvalue weighted by molar-refractivity contribution is 1.09. The number of fused-ring (bicyclic) bond motifs is 6. The van der Waals surface area contributed by atoms with Crippen LogP contribution >= 0.6 is 0 Å². The van der Waals surface area contributed by atoms with Gasteiger partial charge in [-0.05, 0) is 67.1 Å². The smallest absolute Gasteiger partial charge is 0.00734 e. The summed E-state index contributed by atoms with van der Waals surface area (Å²) in [7, 11) is 0. The van der Waals surface area contributed by atoms with Crippen LogP contribution in [-0.4, -0.2) is 0 Å². The van der Waals surface area contributed by atoms with Gasteiger partial charge in [0.1, 0.15) is 0 Å². The Balaban J connectivity index is 0.000000175. The molecule has 0 unspecified atom stereocenters. The standard InChI is InChI=1S/2C16H14.2C3H8/c1-2-12-7-5-8-14-11-10-13-6-3-4-9-15(13)16(12)14;1-2-12-7-10-16-14(11-12)9-8-13-5-3-4-6-15(13)16;2*1-3-2/h2*3-11H,2H2,1H3;2*3H2,1-2H3. The van der Waals surface area contributed by atoms with Gasteiger partial charge < -0.3 is 0 Å². The monoisotopic (exact) mass is 500 g/mol. The Labute approximate surface area is 230 Å². The molecule has 0 aromatic heterocycles. The number of hydrogen-bond donors (Lipinski definition) is 0. The molecule has 0 nitrogen and oxygen atoms in total. The zero-order valence-electron chi connectivity index (χ0n) is 24.2. The Morgan fingerprint density at radius 2 is 0.895 bits per heavy atom. The van der Waals surface area contributed by atoms with Crippen molar-refractivity contribution in [2.45, 2.75) is 67.2 Å². The maximum atomic E-state index is 2.29. The number of aryl methyl sites for hydroxylation is 2. The van der Waals surface area contributed by atoms with E-state index in [0.717, 1.165) is 12.8 Å². The SMILES string of the molecule is CCC.CCC.CCc1ccc2c(ccc3ccccc32)c1.CCc1cccc2ccc3ccccc3c12. The summed E-state index contributed by atoms with van der Waals surface area (Å²) in [6.07, 6.45) is 4.69. The maximum absolute atomic E-state index is 2.29. The van der Waals surface area contributed by atoms with E-state index in [1.807, 2.05) is 0 Å². The van der Waals surface area contributed by atoms with Crippen molar-refractivity contribution in [1.29, 1.82) is 0 Å². The molecule has 0 atom stereocenters. The summed E-state index contributed by atoms with van der Waals surface area (Å²) in [4.78, 5) is 0. The van der Waals surface area contributed by atoms with Gasteiger partial charge in [-0.1, -0.05) is 164 Å². The van der Waals surface area contributed by atoms with Gasteiger partial charge in [0.25, 0.3) is 0 Å². The van der Waals surface area contributed by atoms with Gasteiger partial charge in [0.15, 0.2) is 0 Å². The van der Waals surface area contributed by atoms with Crippen LogP contribution in [0.3, 0.4) is 0 Å². The molecule has 0 bridgehead atoms. The second-order valence-electron chi connectivity index (χ2n) is 9.77. The average Bonchev–Trinajstić information content (AvgIpc) is 2.97. The molecule has 0 heteroatoms. The lowest BCUT2D eigenvalue weighted by Crippen LogP contribution is -1.85. The zero-order valence-corrected chi connectivity index (χ0v) is 24.2. The van der Waals surface area contributed by atoms with Crippen LogP contribution in [0.25, 0.3) is 43.1 Å². The highest BCUT2D eigenvalue weighted by Gasteiger charge is 2.03. The summed E-state index contributed by atoms with van der Waals surface area (Å²) in [6, 6.07) is 39.4. The molecule has 38 heavy (non-hydrogen) atoms. The molecule has 6 rings (SSSR count). The van der Waals surface area contributed by atoms with Crippen molar-refractivity contribution < 1.29 is 0 Å². The topological polar surface area (TPSA) is 0 Å². The third kappa shape index (κ3) is 7.01. The van der Waals surface area contributed by atoms with Crippen molar-refractivity contribution in [2.24, 2.45) is 0 Å². The van der Waals surface area contributed by atoms with Gasteiger partial charge in [0, 0.05) is 0 Å². The molecule has 0 saturated carbocycles.